The predicted molar refractivity (Wildman–Crippen MR) is 91.0 cm³/mol. The zero-order valence-corrected chi connectivity index (χ0v) is 14.4. The van der Waals surface area contributed by atoms with E-state index in [1.807, 2.05) is 17.0 Å². The van der Waals surface area contributed by atoms with E-state index in [1.165, 1.54) is 16.0 Å². The number of hydrogen-bond donors (Lipinski definition) is 0. The molecule has 4 rings (SSSR count). The van der Waals surface area contributed by atoms with E-state index in [0.717, 1.165) is 19.4 Å². The molecule has 6 nitrogen and oxygen atoms in total. The van der Waals surface area contributed by atoms with E-state index < -0.39 is 0 Å². The van der Waals surface area contributed by atoms with Gasteiger partial charge in [-0.3, -0.25) is 9.69 Å². The summed E-state index contributed by atoms with van der Waals surface area (Å²) in [6.45, 7) is 2.98. The fourth-order valence-electron chi connectivity index (χ4n) is 3.90. The van der Waals surface area contributed by atoms with Gasteiger partial charge in [0.15, 0.2) is 0 Å². The van der Waals surface area contributed by atoms with Gasteiger partial charge in [0.25, 0.3) is 0 Å². The molecule has 3 aliphatic rings. The minimum Gasteiger partial charge on any atom is -0.379 e. The lowest BCUT2D eigenvalue weighted by molar-refractivity contribution is -0.133. The number of rotatable bonds is 5. The summed E-state index contributed by atoms with van der Waals surface area (Å²) < 4.78 is 11.0. The molecule has 2 fully saturated rings. The van der Waals surface area contributed by atoms with Gasteiger partial charge in [-0.05, 0) is 30.4 Å². The second kappa shape index (κ2) is 7.14. The SMILES string of the molecule is O=C1C[C@@H]2Cc3ccccc3CN2C(=O)N1CCCOC1CCOC1. The summed E-state index contributed by atoms with van der Waals surface area (Å²) in [6.07, 6.45) is 2.94. The highest BCUT2D eigenvalue weighted by molar-refractivity contribution is 5.97. The van der Waals surface area contributed by atoms with E-state index in [0.29, 0.717) is 39.1 Å². The molecule has 6 heteroatoms. The Kier molecular flexibility index (Phi) is 4.72. The zero-order valence-electron chi connectivity index (χ0n) is 14.4. The van der Waals surface area contributed by atoms with Gasteiger partial charge in [-0.25, -0.2) is 4.79 Å². The number of imide groups is 1. The van der Waals surface area contributed by atoms with E-state index in [1.54, 1.807) is 0 Å². The number of carbonyl (C=O) groups is 2. The van der Waals surface area contributed by atoms with Gasteiger partial charge in [0, 0.05) is 38.8 Å². The molecular weight excluding hydrogens is 320 g/mol. The molecule has 3 aliphatic heterocycles. The molecule has 0 N–H and O–H groups in total. The maximum absolute atomic E-state index is 12.8. The molecule has 0 radical (unpaired) electrons. The summed E-state index contributed by atoms with van der Waals surface area (Å²) in [5.74, 6) is -0.0603. The van der Waals surface area contributed by atoms with Crippen molar-refractivity contribution in [3.63, 3.8) is 0 Å². The highest BCUT2D eigenvalue weighted by Gasteiger charge is 2.40. The summed E-state index contributed by atoms with van der Waals surface area (Å²) in [5.41, 5.74) is 2.44. The maximum Gasteiger partial charge on any atom is 0.327 e. The molecule has 3 amide bonds. The Morgan fingerprint density at radius 3 is 2.80 bits per heavy atom. The molecule has 0 aliphatic carbocycles. The summed E-state index contributed by atoms with van der Waals surface area (Å²) in [5, 5.41) is 0. The summed E-state index contributed by atoms with van der Waals surface area (Å²) in [7, 11) is 0. The van der Waals surface area contributed by atoms with Crippen LogP contribution in [0.4, 0.5) is 4.79 Å². The van der Waals surface area contributed by atoms with Crippen molar-refractivity contribution in [1.82, 2.24) is 9.80 Å². The number of amides is 3. The smallest absolute Gasteiger partial charge is 0.327 e. The maximum atomic E-state index is 12.8. The average Bonchev–Trinajstić information content (AvgIpc) is 3.13. The minimum atomic E-state index is -0.153. The molecule has 25 heavy (non-hydrogen) atoms. The van der Waals surface area contributed by atoms with Crippen molar-refractivity contribution in [2.75, 3.05) is 26.4 Å². The molecular formula is C19H24N2O4. The highest BCUT2D eigenvalue weighted by Crippen LogP contribution is 2.29. The molecule has 2 atom stereocenters. The van der Waals surface area contributed by atoms with Crippen LogP contribution in [-0.2, 0) is 27.2 Å². The van der Waals surface area contributed by atoms with E-state index in [4.69, 9.17) is 9.47 Å². The van der Waals surface area contributed by atoms with Crippen LogP contribution in [0.3, 0.4) is 0 Å². The van der Waals surface area contributed by atoms with Crippen LogP contribution in [0.25, 0.3) is 0 Å². The second-order valence-corrected chi connectivity index (χ2v) is 7.00. The van der Waals surface area contributed by atoms with Crippen molar-refractivity contribution in [2.24, 2.45) is 0 Å². The highest BCUT2D eigenvalue weighted by atomic mass is 16.5. The van der Waals surface area contributed by atoms with E-state index in [2.05, 4.69) is 12.1 Å². The quantitative estimate of drug-likeness (QED) is 0.766. The Hall–Kier alpha value is -1.92. The molecule has 1 aromatic carbocycles. The van der Waals surface area contributed by atoms with Crippen molar-refractivity contribution in [2.45, 2.75) is 44.4 Å². The Labute approximate surface area is 147 Å². The van der Waals surface area contributed by atoms with Gasteiger partial charge >= 0.3 is 6.03 Å². The van der Waals surface area contributed by atoms with Crippen LogP contribution in [0.1, 0.15) is 30.4 Å². The predicted octanol–water partition coefficient (Wildman–Crippen LogP) is 1.96. The van der Waals surface area contributed by atoms with Crippen LogP contribution < -0.4 is 0 Å². The van der Waals surface area contributed by atoms with Crippen molar-refractivity contribution >= 4 is 11.9 Å². The monoisotopic (exact) mass is 344 g/mol. The van der Waals surface area contributed by atoms with Crippen LogP contribution in [0, 0.1) is 0 Å². The summed E-state index contributed by atoms with van der Waals surface area (Å²) in [4.78, 5) is 28.5. The Morgan fingerprint density at radius 2 is 2.00 bits per heavy atom. The number of ether oxygens (including phenoxy) is 2. The van der Waals surface area contributed by atoms with E-state index in [-0.39, 0.29) is 24.1 Å². The van der Waals surface area contributed by atoms with Gasteiger partial charge in [0.2, 0.25) is 5.91 Å². The van der Waals surface area contributed by atoms with E-state index in [9.17, 15) is 9.59 Å². The van der Waals surface area contributed by atoms with Crippen LogP contribution in [0.15, 0.2) is 24.3 Å². The first-order valence-corrected chi connectivity index (χ1v) is 9.09. The number of benzene rings is 1. The van der Waals surface area contributed by atoms with Crippen molar-refractivity contribution in [3.8, 4) is 0 Å². The van der Waals surface area contributed by atoms with Crippen molar-refractivity contribution in [1.29, 1.82) is 0 Å². The summed E-state index contributed by atoms with van der Waals surface area (Å²) >= 11 is 0. The van der Waals surface area contributed by atoms with Crippen molar-refractivity contribution in [3.05, 3.63) is 35.4 Å². The number of fused-ring (bicyclic) bond motifs is 2. The fourth-order valence-corrected chi connectivity index (χ4v) is 3.90. The van der Waals surface area contributed by atoms with Crippen LogP contribution >= 0.6 is 0 Å². The molecule has 0 saturated carbocycles. The zero-order chi connectivity index (χ0) is 17.2. The first-order valence-electron chi connectivity index (χ1n) is 9.09. The van der Waals surface area contributed by atoms with E-state index >= 15 is 0 Å². The Morgan fingerprint density at radius 1 is 1.16 bits per heavy atom. The van der Waals surface area contributed by atoms with Gasteiger partial charge in [-0.1, -0.05) is 24.3 Å². The van der Waals surface area contributed by atoms with Gasteiger partial charge < -0.3 is 14.4 Å². The lowest BCUT2D eigenvalue weighted by atomic mass is 9.91. The fraction of sp³-hybridized carbons (Fsp3) is 0.579. The van der Waals surface area contributed by atoms with Crippen LogP contribution in [0.2, 0.25) is 0 Å². The van der Waals surface area contributed by atoms with Crippen molar-refractivity contribution < 1.29 is 19.1 Å². The molecule has 134 valence electrons. The molecule has 0 spiro atoms. The lowest BCUT2D eigenvalue weighted by Gasteiger charge is -2.43. The number of carbonyl (C=O) groups excluding carboxylic acids is 2. The van der Waals surface area contributed by atoms with Gasteiger partial charge in [-0.2, -0.15) is 0 Å². The van der Waals surface area contributed by atoms with Gasteiger partial charge in [0.05, 0.1) is 12.7 Å². The molecule has 3 heterocycles. The van der Waals surface area contributed by atoms with Gasteiger partial charge in [0.1, 0.15) is 0 Å². The number of nitrogens with zero attached hydrogens (tertiary/aromatic N) is 2. The van der Waals surface area contributed by atoms with Crippen LogP contribution in [-0.4, -0.2) is 60.2 Å². The largest absolute Gasteiger partial charge is 0.379 e. The molecule has 0 aromatic heterocycles. The lowest BCUT2D eigenvalue weighted by Crippen LogP contribution is -2.58. The molecule has 0 bridgehead atoms. The summed E-state index contributed by atoms with van der Waals surface area (Å²) in [6, 6.07) is 8.02. The van der Waals surface area contributed by atoms with Crippen LogP contribution in [0.5, 0.6) is 0 Å². The molecule has 2 saturated heterocycles. The minimum absolute atomic E-state index is 0.00182. The Bertz CT molecular complexity index is 657. The molecule has 1 unspecified atom stereocenters. The third-order valence-corrected chi connectivity index (χ3v) is 5.31. The third kappa shape index (κ3) is 3.41. The first kappa shape index (κ1) is 16.5. The molecule has 1 aromatic rings. The Balaban J connectivity index is 1.35. The first-order chi connectivity index (χ1) is 12.2. The average molecular weight is 344 g/mol. The third-order valence-electron chi connectivity index (χ3n) is 5.31. The number of urea groups is 1. The normalized spacial score (nSPS) is 25.9. The topological polar surface area (TPSA) is 59.1 Å². The standard InChI is InChI=1S/C19H24N2O4/c22-18-11-16-10-14-4-1-2-5-15(14)12-21(16)19(23)20(18)7-3-8-25-17-6-9-24-13-17/h1-2,4-5,16-17H,3,6-13H2/t16-,17?/m0/s1. The number of hydrogen-bond acceptors (Lipinski definition) is 4. The van der Waals surface area contributed by atoms with Gasteiger partial charge in [-0.15, -0.1) is 0 Å². The second-order valence-electron chi connectivity index (χ2n) is 7.00.